The molecule has 10 heteroatoms. The molecule has 0 spiro atoms. The Labute approximate surface area is 160 Å². The molecule has 0 bridgehead atoms. The molecular weight excluding hydrogens is 387 g/mol. The molecule has 8 nitrogen and oxygen atoms in total. The number of aryl methyl sites for hydroxylation is 1. The molecule has 0 aliphatic carbocycles. The van der Waals surface area contributed by atoms with Gasteiger partial charge < -0.3 is 0 Å². The first-order valence-corrected chi connectivity index (χ1v) is 9.71. The number of hydrogen-bond donors (Lipinski definition) is 1. The fourth-order valence-electron chi connectivity index (χ4n) is 2.76. The maximum absolute atomic E-state index is 13.4. The first kappa shape index (κ1) is 19.5. The van der Waals surface area contributed by atoms with E-state index in [2.05, 4.69) is 9.82 Å². The molecule has 0 aliphatic rings. The molecule has 1 N–H and O–H groups in total. The van der Waals surface area contributed by atoms with Gasteiger partial charge in [0.05, 0.1) is 33.4 Å². The second-order valence-electron chi connectivity index (χ2n) is 6.19. The van der Waals surface area contributed by atoms with Gasteiger partial charge in [0.15, 0.2) is 0 Å². The van der Waals surface area contributed by atoms with Gasteiger partial charge in [-0.25, -0.2) is 12.8 Å². The second-order valence-corrected chi connectivity index (χ2v) is 7.88. The average molecular weight is 404 g/mol. The van der Waals surface area contributed by atoms with Crippen molar-refractivity contribution in [3.63, 3.8) is 0 Å². The van der Waals surface area contributed by atoms with Crippen LogP contribution in [0.15, 0.2) is 53.4 Å². The van der Waals surface area contributed by atoms with Crippen LogP contribution >= 0.6 is 0 Å². The summed E-state index contributed by atoms with van der Waals surface area (Å²) in [7, 11) is -4.05. The fourth-order valence-corrected chi connectivity index (χ4v) is 3.98. The number of sulfonamides is 1. The lowest BCUT2D eigenvalue weighted by Crippen LogP contribution is -2.14. The Morgan fingerprint density at radius 3 is 2.57 bits per heavy atom. The van der Waals surface area contributed by atoms with Gasteiger partial charge in [0, 0.05) is 12.1 Å². The molecule has 2 aromatic carbocycles. The van der Waals surface area contributed by atoms with Gasteiger partial charge in [-0.1, -0.05) is 18.2 Å². The number of rotatable bonds is 6. The van der Waals surface area contributed by atoms with E-state index in [0.717, 1.165) is 6.07 Å². The highest BCUT2D eigenvalue weighted by atomic mass is 32.2. The summed E-state index contributed by atoms with van der Waals surface area (Å²) in [5.41, 5.74) is 1.61. The third-order valence-corrected chi connectivity index (χ3v) is 5.53. The van der Waals surface area contributed by atoms with Gasteiger partial charge in [-0.2, -0.15) is 5.10 Å². The summed E-state index contributed by atoms with van der Waals surface area (Å²) in [6.07, 6.45) is 0. The third-order valence-electron chi connectivity index (χ3n) is 4.18. The molecular formula is C18H17FN4O4S. The van der Waals surface area contributed by atoms with Crippen LogP contribution < -0.4 is 4.72 Å². The number of non-ortho nitro benzene ring substituents is 1. The Kier molecular flexibility index (Phi) is 5.14. The van der Waals surface area contributed by atoms with Crippen LogP contribution in [0.2, 0.25) is 0 Å². The summed E-state index contributed by atoms with van der Waals surface area (Å²) in [5.74, 6) is -0.370. The summed E-state index contributed by atoms with van der Waals surface area (Å²) in [5, 5.41) is 15.2. The number of nitrogens with one attached hydrogen (secondary N) is 1. The number of nitro benzene ring substituents is 1. The monoisotopic (exact) mass is 404 g/mol. The highest BCUT2D eigenvalue weighted by molar-refractivity contribution is 7.92. The molecule has 146 valence electrons. The summed E-state index contributed by atoms with van der Waals surface area (Å²) >= 11 is 0. The molecule has 0 atom stereocenters. The minimum Gasteiger partial charge on any atom is -0.276 e. The van der Waals surface area contributed by atoms with E-state index in [-0.39, 0.29) is 28.6 Å². The highest BCUT2D eigenvalue weighted by Gasteiger charge is 2.22. The first-order chi connectivity index (χ1) is 13.2. The normalized spacial score (nSPS) is 11.4. The topological polar surface area (TPSA) is 107 Å². The molecule has 0 saturated carbocycles. The molecule has 3 aromatic rings. The highest BCUT2D eigenvalue weighted by Crippen LogP contribution is 2.25. The Morgan fingerprint density at radius 2 is 1.89 bits per heavy atom. The quantitative estimate of drug-likeness (QED) is 0.500. The molecule has 0 fully saturated rings. The summed E-state index contributed by atoms with van der Waals surface area (Å²) in [6, 6.07) is 10.8. The minimum absolute atomic E-state index is 0.224. The van der Waals surface area contributed by atoms with Crippen LogP contribution in [0.3, 0.4) is 0 Å². The molecule has 0 unspecified atom stereocenters. The van der Waals surface area contributed by atoms with Crippen molar-refractivity contribution in [3.05, 3.63) is 81.4 Å². The predicted octanol–water partition coefficient (Wildman–Crippen LogP) is 3.40. The Bertz CT molecular complexity index is 1160. The van der Waals surface area contributed by atoms with Gasteiger partial charge in [0.1, 0.15) is 5.82 Å². The van der Waals surface area contributed by atoms with E-state index in [1.54, 1.807) is 30.7 Å². The molecule has 0 aliphatic heterocycles. The number of anilines is 1. The lowest BCUT2D eigenvalue weighted by molar-refractivity contribution is -0.385. The Morgan fingerprint density at radius 1 is 1.18 bits per heavy atom. The van der Waals surface area contributed by atoms with Gasteiger partial charge in [-0.05, 0) is 37.6 Å². The van der Waals surface area contributed by atoms with Crippen molar-refractivity contribution in [1.29, 1.82) is 0 Å². The zero-order valence-electron chi connectivity index (χ0n) is 15.1. The molecule has 0 amide bonds. The van der Waals surface area contributed by atoms with Crippen LogP contribution in [0, 0.1) is 29.8 Å². The number of benzene rings is 2. The minimum atomic E-state index is -4.05. The molecule has 1 heterocycles. The van der Waals surface area contributed by atoms with Crippen molar-refractivity contribution in [2.75, 3.05) is 4.72 Å². The van der Waals surface area contributed by atoms with Gasteiger partial charge >= 0.3 is 0 Å². The van der Waals surface area contributed by atoms with E-state index in [0.29, 0.717) is 17.0 Å². The van der Waals surface area contributed by atoms with Crippen LogP contribution in [-0.2, 0) is 16.6 Å². The average Bonchev–Trinajstić information content (AvgIpc) is 2.89. The largest absolute Gasteiger partial charge is 0.276 e. The summed E-state index contributed by atoms with van der Waals surface area (Å²) < 4.78 is 42.7. The van der Waals surface area contributed by atoms with Crippen LogP contribution in [0.5, 0.6) is 0 Å². The van der Waals surface area contributed by atoms with E-state index >= 15 is 0 Å². The number of aromatic nitrogens is 2. The maximum Gasteiger partial charge on any atom is 0.270 e. The molecule has 0 radical (unpaired) electrons. The van der Waals surface area contributed by atoms with Crippen molar-refractivity contribution in [3.8, 4) is 0 Å². The van der Waals surface area contributed by atoms with Crippen LogP contribution in [0.25, 0.3) is 0 Å². The Balaban J connectivity index is 1.91. The van der Waals surface area contributed by atoms with Crippen molar-refractivity contribution in [2.45, 2.75) is 25.3 Å². The van der Waals surface area contributed by atoms with Crippen LogP contribution in [-0.4, -0.2) is 23.1 Å². The maximum atomic E-state index is 13.4. The van der Waals surface area contributed by atoms with Crippen molar-refractivity contribution in [2.24, 2.45) is 0 Å². The third kappa shape index (κ3) is 4.01. The number of nitro groups is 1. The second kappa shape index (κ2) is 7.39. The van der Waals surface area contributed by atoms with Gasteiger partial charge in [-0.15, -0.1) is 0 Å². The van der Waals surface area contributed by atoms with Crippen LogP contribution in [0.4, 0.5) is 15.8 Å². The lowest BCUT2D eigenvalue weighted by Gasteiger charge is -2.09. The van der Waals surface area contributed by atoms with Crippen molar-refractivity contribution in [1.82, 2.24) is 9.78 Å². The fraction of sp³-hybridized carbons (Fsp3) is 0.167. The summed E-state index contributed by atoms with van der Waals surface area (Å²) in [6.45, 7) is 3.59. The van der Waals surface area contributed by atoms with Crippen molar-refractivity contribution >= 4 is 21.4 Å². The van der Waals surface area contributed by atoms with E-state index in [1.807, 2.05) is 0 Å². The van der Waals surface area contributed by atoms with E-state index < -0.39 is 14.9 Å². The SMILES string of the molecule is Cc1nn(Cc2cccc(F)c2)c(C)c1NS(=O)(=O)c1cccc([N+](=O)[O-])c1. The standard InChI is InChI=1S/C18H17FN4O4S/c1-12-18(13(2)22(20-12)11-14-5-3-6-15(19)9-14)21-28(26,27)17-8-4-7-16(10-17)23(24)25/h3-10,21H,11H2,1-2H3. The van der Waals surface area contributed by atoms with E-state index in [1.165, 1.54) is 30.3 Å². The first-order valence-electron chi connectivity index (χ1n) is 8.23. The molecule has 0 saturated heterocycles. The van der Waals surface area contributed by atoms with Gasteiger partial charge in [0.2, 0.25) is 0 Å². The summed E-state index contributed by atoms with van der Waals surface area (Å²) in [4.78, 5) is 10.0. The molecule has 28 heavy (non-hydrogen) atoms. The van der Waals surface area contributed by atoms with E-state index in [4.69, 9.17) is 0 Å². The van der Waals surface area contributed by atoms with Crippen molar-refractivity contribution < 1.29 is 17.7 Å². The Hall–Kier alpha value is -3.27. The van der Waals surface area contributed by atoms with Crippen LogP contribution in [0.1, 0.15) is 17.0 Å². The number of halogens is 1. The zero-order chi connectivity index (χ0) is 20.5. The number of hydrogen-bond acceptors (Lipinski definition) is 5. The van der Waals surface area contributed by atoms with Gasteiger partial charge in [-0.3, -0.25) is 19.5 Å². The van der Waals surface area contributed by atoms with E-state index in [9.17, 15) is 22.9 Å². The molecule has 1 aromatic heterocycles. The zero-order valence-corrected chi connectivity index (χ0v) is 15.9. The number of nitrogens with zero attached hydrogens (tertiary/aromatic N) is 3. The molecule has 3 rings (SSSR count). The van der Waals surface area contributed by atoms with Gasteiger partial charge in [0.25, 0.3) is 15.7 Å². The smallest absolute Gasteiger partial charge is 0.270 e. The lowest BCUT2D eigenvalue weighted by atomic mass is 10.2. The predicted molar refractivity (Wildman–Crippen MR) is 101 cm³/mol.